The van der Waals surface area contributed by atoms with Gasteiger partial charge in [0.1, 0.15) is 10.6 Å². The van der Waals surface area contributed by atoms with Crippen molar-refractivity contribution in [1.82, 2.24) is 10.6 Å². The lowest BCUT2D eigenvalue weighted by Gasteiger charge is -2.19. The molecular weight excluding hydrogens is 442 g/mol. The predicted octanol–water partition coefficient (Wildman–Crippen LogP) is 5.20. The van der Waals surface area contributed by atoms with E-state index in [0.717, 1.165) is 10.1 Å². The second kappa shape index (κ2) is 8.99. The number of thiocarbonyl (C=S) groups is 1. The van der Waals surface area contributed by atoms with E-state index in [9.17, 15) is 9.59 Å². The molecular formula is C21H20ClN3O3S2. The molecule has 156 valence electrons. The summed E-state index contributed by atoms with van der Waals surface area (Å²) in [7, 11) is 0. The number of carbonyl (C=O) groups is 2. The van der Waals surface area contributed by atoms with Gasteiger partial charge in [0.25, 0.3) is 5.91 Å². The fourth-order valence-corrected chi connectivity index (χ4v) is 4.26. The van der Waals surface area contributed by atoms with Crippen molar-refractivity contribution in [3.8, 4) is 0 Å². The zero-order chi connectivity index (χ0) is 21.9. The molecule has 3 aromatic rings. The summed E-state index contributed by atoms with van der Waals surface area (Å²) in [5, 5.41) is 9.74. The largest absolute Gasteiger partial charge is 0.465 e. The molecule has 2 aromatic heterocycles. The number of benzene rings is 1. The molecule has 0 aliphatic rings. The summed E-state index contributed by atoms with van der Waals surface area (Å²) < 4.78 is 5.90. The van der Waals surface area contributed by atoms with Gasteiger partial charge in [-0.25, -0.2) is 0 Å². The van der Waals surface area contributed by atoms with Crippen molar-refractivity contribution in [3.63, 3.8) is 0 Å². The SMILES string of the molecule is CC(C)(C)NC(=O)c1sc2c(NC(=S)NC(=O)/C=C/c3ccco3)cccc2c1Cl. The first-order chi connectivity index (χ1) is 14.1. The lowest BCUT2D eigenvalue weighted by atomic mass is 10.1. The quantitative estimate of drug-likeness (QED) is 0.367. The summed E-state index contributed by atoms with van der Waals surface area (Å²) in [6.07, 6.45) is 4.38. The lowest BCUT2D eigenvalue weighted by molar-refractivity contribution is -0.115. The molecule has 0 saturated carbocycles. The summed E-state index contributed by atoms with van der Waals surface area (Å²) in [6, 6.07) is 8.90. The van der Waals surface area contributed by atoms with Crippen LogP contribution in [0.4, 0.5) is 5.69 Å². The smallest absolute Gasteiger partial charge is 0.263 e. The molecule has 1 aromatic carbocycles. The van der Waals surface area contributed by atoms with Crippen molar-refractivity contribution in [1.29, 1.82) is 0 Å². The van der Waals surface area contributed by atoms with E-state index in [1.54, 1.807) is 24.3 Å². The Hall–Kier alpha value is -2.68. The maximum Gasteiger partial charge on any atom is 0.263 e. The Morgan fingerprint density at radius 2 is 1.97 bits per heavy atom. The van der Waals surface area contributed by atoms with Crippen LogP contribution in [-0.4, -0.2) is 22.5 Å². The van der Waals surface area contributed by atoms with Crippen LogP contribution in [0.15, 0.2) is 47.1 Å². The Bertz CT molecular complexity index is 1130. The van der Waals surface area contributed by atoms with Crippen LogP contribution < -0.4 is 16.0 Å². The molecule has 6 nitrogen and oxygen atoms in total. The van der Waals surface area contributed by atoms with Gasteiger partial charge in [0.2, 0.25) is 5.91 Å². The molecule has 2 amide bonds. The first kappa shape index (κ1) is 22.0. The summed E-state index contributed by atoms with van der Waals surface area (Å²) in [5.41, 5.74) is 0.265. The first-order valence-corrected chi connectivity index (χ1v) is 10.6. The van der Waals surface area contributed by atoms with Crippen molar-refractivity contribution in [2.75, 3.05) is 5.32 Å². The van der Waals surface area contributed by atoms with E-state index >= 15 is 0 Å². The van der Waals surface area contributed by atoms with Gasteiger partial charge < -0.3 is 15.1 Å². The zero-order valence-electron chi connectivity index (χ0n) is 16.5. The van der Waals surface area contributed by atoms with Gasteiger partial charge in [-0.1, -0.05) is 23.7 Å². The standard InChI is InChI=1S/C21H20ClN3O3S2/c1-21(2,3)25-19(27)18-16(22)13-7-4-8-14(17(13)30-18)23-20(29)24-15(26)10-9-12-6-5-11-28-12/h4-11H,1-3H3,(H,25,27)(H2,23,24,26,29)/b10-9+. The molecule has 0 fully saturated rings. The molecule has 0 radical (unpaired) electrons. The second-order valence-electron chi connectivity index (χ2n) is 7.42. The van der Waals surface area contributed by atoms with Crippen LogP contribution in [0.5, 0.6) is 0 Å². The number of amides is 2. The number of furan rings is 1. The normalized spacial score (nSPS) is 11.6. The predicted molar refractivity (Wildman–Crippen MR) is 126 cm³/mol. The first-order valence-electron chi connectivity index (χ1n) is 9.01. The number of hydrogen-bond donors (Lipinski definition) is 3. The monoisotopic (exact) mass is 461 g/mol. The van der Waals surface area contributed by atoms with Gasteiger partial charge in [-0.05, 0) is 57.3 Å². The van der Waals surface area contributed by atoms with Crippen molar-refractivity contribution in [2.24, 2.45) is 0 Å². The van der Waals surface area contributed by atoms with Crippen molar-refractivity contribution in [3.05, 3.63) is 58.3 Å². The van der Waals surface area contributed by atoms with Gasteiger partial charge in [0, 0.05) is 17.0 Å². The summed E-state index contributed by atoms with van der Waals surface area (Å²) in [5.74, 6) is -0.0767. The Morgan fingerprint density at radius 1 is 1.20 bits per heavy atom. The number of thiophene rings is 1. The van der Waals surface area contributed by atoms with Gasteiger partial charge >= 0.3 is 0 Å². The van der Waals surface area contributed by atoms with E-state index in [2.05, 4.69) is 16.0 Å². The topological polar surface area (TPSA) is 83.4 Å². The Balaban J connectivity index is 1.76. The molecule has 0 aliphatic carbocycles. The molecule has 3 rings (SSSR count). The van der Waals surface area contributed by atoms with Crippen LogP contribution >= 0.6 is 35.2 Å². The van der Waals surface area contributed by atoms with Crippen LogP contribution in [-0.2, 0) is 4.79 Å². The maximum absolute atomic E-state index is 12.6. The number of anilines is 1. The third kappa shape index (κ3) is 5.47. The maximum atomic E-state index is 12.6. The number of nitrogens with one attached hydrogen (secondary N) is 3. The van der Waals surface area contributed by atoms with Crippen LogP contribution in [0.1, 0.15) is 36.2 Å². The summed E-state index contributed by atoms with van der Waals surface area (Å²) in [6.45, 7) is 5.71. The van der Waals surface area contributed by atoms with Crippen LogP contribution in [0.3, 0.4) is 0 Å². The Kier molecular flexibility index (Phi) is 6.60. The molecule has 0 bridgehead atoms. The number of rotatable bonds is 4. The second-order valence-corrected chi connectivity index (χ2v) is 9.23. The van der Waals surface area contributed by atoms with Crippen molar-refractivity contribution >= 4 is 73.9 Å². The Morgan fingerprint density at radius 3 is 2.63 bits per heavy atom. The van der Waals surface area contributed by atoms with Gasteiger partial charge in [0.15, 0.2) is 5.11 Å². The van der Waals surface area contributed by atoms with E-state index in [0.29, 0.717) is 21.3 Å². The van der Waals surface area contributed by atoms with Gasteiger partial charge in [-0.3, -0.25) is 14.9 Å². The number of fused-ring (bicyclic) bond motifs is 1. The highest BCUT2D eigenvalue weighted by atomic mass is 35.5. The minimum Gasteiger partial charge on any atom is -0.465 e. The van der Waals surface area contributed by atoms with Crippen molar-refractivity contribution < 1.29 is 14.0 Å². The van der Waals surface area contributed by atoms with Crippen LogP contribution in [0.2, 0.25) is 5.02 Å². The van der Waals surface area contributed by atoms with E-state index in [4.69, 9.17) is 28.2 Å². The molecule has 0 atom stereocenters. The molecule has 3 N–H and O–H groups in total. The highest BCUT2D eigenvalue weighted by Crippen LogP contribution is 2.39. The highest BCUT2D eigenvalue weighted by Gasteiger charge is 2.22. The average molecular weight is 462 g/mol. The molecule has 0 saturated heterocycles. The number of carbonyl (C=O) groups excluding carboxylic acids is 2. The lowest BCUT2D eigenvalue weighted by Crippen LogP contribution is -2.40. The van der Waals surface area contributed by atoms with Gasteiger partial charge in [-0.15, -0.1) is 11.3 Å². The van der Waals surface area contributed by atoms with Crippen LogP contribution in [0.25, 0.3) is 16.2 Å². The molecule has 0 unspecified atom stereocenters. The molecule has 2 heterocycles. The van der Waals surface area contributed by atoms with Gasteiger partial charge in [0.05, 0.1) is 21.7 Å². The van der Waals surface area contributed by atoms with Gasteiger partial charge in [-0.2, -0.15) is 0 Å². The van der Waals surface area contributed by atoms with E-state index in [-0.39, 0.29) is 16.6 Å². The minimum absolute atomic E-state index is 0.127. The number of halogens is 1. The summed E-state index contributed by atoms with van der Waals surface area (Å²) >= 11 is 13.0. The molecule has 30 heavy (non-hydrogen) atoms. The minimum atomic E-state index is -0.398. The molecule has 9 heteroatoms. The zero-order valence-corrected chi connectivity index (χ0v) is 18.9. The van der Waals surface area contributed by atoms with E-state index in [1.165, 1.54) is 29.8 Å². The third-order valence-corrected chi connectivity index (χ3v) is 5.72. The third-order valence-electron chi connectivity index (χ3n) is 3.78. The fourth-order valence-electron chi connectivity index (χ4n) is 2.58. The molecule has 0 aliphatic heterocycles. The van der Waals surface area contributed by atoms with Crippen molar-refractivity contribution in [2.45, 2.75) is 26.3 Å². The highest BCUT2D eigenvalue weighted by molar-refractivity contribution is 7.80. The molecule has 0 spiro atoms. The summed E-state index contributed by atoms with van der Waals surface area (Å²) in [4.78, 5) is 25.1. The van der Waals surface area contributed by atoms with E-state index in [1.807, 2.05) is 26.8 Å². The average Bonchev–Trinajstić information content (AvgIpc) is 3.27. The van der Waals surface area contributed by atoms with Crippen LogP contribution in [0, 0.1) is 0 Å². The Labute approximate surface area is 188 Å². The number of hydrogen-bond acceptors (Lipinski definition) is 5. The fraction of sp³-hybridized carbons (Fsp3) is 0.190. The van der Waals surface area contributed by atoms with E-state index < -0.39 is 5.91 Å².